The number of benzene rings is 3. The van der Waals surface area contributed by atoms with Gasteiger partial charge in [0.15, 0.2) is 0 Å². The van der Waals surface area contributed by atoms with Gasteiger partial charge in [0.2, 0.25) is 0 Å². The molecule has 29 heavy (non-hydrogen) atoms. The maximum atomic E-state index is 11.9. The number of aliphatic hydroxyl groups is 1. The zero-order valence-corrected chi connectivity index (χ0v) is 16.9. The SMILES string of the molecule is C[C@@H]1[C@@H](c2ccccc2)N[C@H](c2ccccc2)[C@H](C)C1(O)C#Cc1ccccc1. The van der Waals surface area contributed by atoms with Crippen LogP contribution in [-0.4, -0.2) is 10.7 Å². The smallest absolute Gasteiger partial charge is 0.134 e. The van der Waals surface area contributed by atoms with E-state index in [-0.39, 0.29) is 23.9 Å². The van der Waals surface area contributed by atoms with E-state index >= 15 is 0 Å². The lowest BCUT2D eigenvalue weighted by molar-refractivity contribution is -0.0646. The van der Waals surface area contributed by atoms with Crippen molar-refractivity contribution < 1.29 is 5.11 Å². The van der Waals surface area contributed by atoms with Gasteiger partial charge in [-0.25, -0.2) is 0 Å². The average Bonchev–Trinajstić information content (AvgIpc) is 2.78. The summed E-state index contributed by atoms with van der Waals surface area (Å²) >= 11 is 0. The Bertz CT molecular complexity index is 937. The monoisotopic (exact) mass is 381 g/mol. The predicted molar refractivity (Wildman–Crippen MR) is 118 cm³/mol. The van der Waals surface area contributed by atoms with Crippen LogP contribution in [0.15, 0.2) is 91.0 Å². The molecule has 5 atom stereocenters. The van der Waals surface area contributed by atoms with E-state index in [1.807, 2.05) is 66.7 Å². The lowest BCUT2D eigenvalue weighted by Gasteiger charge is -2.49. The molecule has 3 aromatic carbocycles. The summed E-state index contributed by atoms with van der Waals surface area (Å²) in [5.74, 6) is 6.36. The summed E-state index contributed by atoms with van der Waals surface area (Å²) in [6.45, 7) is 4.20. The van der Waals surface area contributed by atoms with Crippen molar-refractivity contribution in [1.29, 1.82) is 0 Å². The Kier molecular flexibility index (Phi) is 5.53. The van der Waals surface area contributed by atoms with Gasteiger partial charge in [-0.1, -0.05) is 105 Å². The van der Waals surface area contributed by atoms with E-state index < -0.39 is 5.60 Å². The number of nitrogens with one attached hydrogen (secondary N) is 1. The van der Waals surface area contributed by atoms with Gasteiger partial charge >= 0.3 is 0 Å². The first-order valence-electron chi connectivity index (χ1n) is 10.3. The van der Waals surface area contributed by atoms with Gasteiger partial charge in [0.05, 0.1) is 0 Å². The van der Waals surface area contributed by atoms with Gasteiger partial charge in [0.25, 0.3) is 0 Å². The van der Waals surface area contributed by atoms with Gasteiger partial charge in [-0.15, -0.1) is 0 Å². The summed E-state index contributed by atoms with van der Waals surface area (Å²) in [5, 5.41) is 15.7. The molecule has 0 radical (unpaired) electrons. The normalized spacial score (nSPS) is 28.9. The van der Waals surface area contributed by atoms with Crippen LogP contribution < -0.4 is 5.32 Å². The van der Waals surface area contributed by atoms with Gasteiger partial charge in [-0.3, -0.25) is 0 Å². The summed E-state index contributed by atoms with van der Waals surface area (Å²) in [4.78, 5) is 0. The Morgan fingerprint density at radius 2 is 1.10 bits per heavy atom. The standard InChI is InChI=1S/C27H27NO/c1-20-25(23-14-8-4-9-15-23)28-26(24-16-10-5-11-17-24)21(2)27(20,29)19-18-22-12-6-3-7-13-22/h3-17,20-21,25-26,28-29H,1-2H3/t20-,21+,25-,26-,27?/m0/s1. The summed E-state index contributed by atoms with van der Waals surface area (Å²) < 4.78 is 0. The van der Waals surface area contributed by atoms with E-state index in [4.69, 9.17) is 0 Å². The molecule has 3 aromatic rings. The number of hydrogen-bond donors (Lipinski definition) is 2. The Morgan fingerprint density at radius 3 is 1.55 bits per heavy atom. The second-order valence-corrected chi connectivity index (χ2v) is 7.96. The van der Waals surface area contributed by atoms with Crippen molar-refractivity contribution in [3.63, 3.8) is 0 Å². The van der Waals surface area contributed by atoms with Crippen molar-refractivity contribution in [2.45, 2.75) is 31.5 Å². The van der Waals surface area contributed by atoms with Gasteiger partial charge in [-0.05, 0) is 23.3 Å². The quantitative estimate of drug-likeness (QED) is 0.603. The topological polar surface area (TPSA) is 32.3 Å². The zero-order valence-electron chi connectivity index (χ0n) is 16.9. The third-order valence-electron chi connectivity index (χ3n) is 6.25. The van der Waals surface area contributed by atoms with Gasteiger partial charge in [0.1, 0.15) is 5.60 Å². The molecule has 1 saturated heterocycles. The fourth-order valence-corrected chi connectivity index (χ4v) is 4.42. The van der Waals surface area contributed by atoms with Crippen LogP contribution in [0.1, 0.15) is 42.6 Å². The third-order valence-corrected chi connectivity index (χ3v) is 6.25. The van der Waals surface area contributed by atoms with Crippen LogP contribution in [0.2, 0.25) is 0 Å². The Balaban J connectivity index is 1.78. The lowest BCUT2D eigenvalue weighted by Crippen LogP contribution is -2.57. The molecule has 1 aliphatic rings. The molecule has 2 N–H and O–H groups in total. The molecule has 1 heterocycles. The first kappa shape index (κ1) is 19.5. The second-order valence-electron chi connectivity index (χ2n) is 7.96. The first-order chi connectivity index (χ1) is 14.1. The second kappa shape index (κ2) is 8.25. The Labute approximate surface area is 173 Å². The summed E-state index contributed by atoms with van der Waals surface area (Å²) in [6, 6.07) is 30.6. The molecule has 146 valence electrons. The van der Waals surface area contributed by atoms with E-state index in [1.54, 1.807) is 0 Å². The zero-order chi connectivity index (χ0) is 20.3. The summed E-state index contributed by atoms with van der Waals surface area (Å²) in [7, 11) is 0. The fourth-order valence-electron chi connectivity index (χ4n) is 4.42. The molecule has 0 aromatic heterocycles. The highest BCUT2D eigenvalue weighted by Gasteiger charge is 2.50. The molecule has 1 fully saturated rings. The van der Waals surface area contributed by atoms with Crippen LogP contribution in [-0.2, 0) is 0 Å². The van der Waals surface area contributed by atoms with Crippen molar-refractivity contribution >= 4 is 0 Å². The molecule has 1 unspecified atom stereocenters. The fraction of sp³-hybridized carbons (Fsp3) is 0.259. The van der Waals surface area contributed by atoms with Crippen molar-refractivity contribution in [2.75, 3.05) is 0 Å². The predicted octanol–water partition coefficient (Wildman–Crippen LogP) is 5.13. The van der Waals surface area contributed by atoms with Crippen molar-refractivity contribution in [1.82, 2.24) is 5.32 Å². The highest BCUT2D eigenvalue weighted by atomic mass is 16.3. The van der Waals surface area contributed by atoms with E-state index in [0.717, 1.165) is 5.56 Å². The largest absolute Gasteiger partial charge is 0.377 e. The molecule has 0 aliphatic carbocycles. The molecule has 2 nitrogen and oxygen atoms in total. The molecule has 4 rings (SSSR count). The Morgan fingerprint density at radius 1 is 0.690 bits per heavy atom. The molecule has 0 amide bonds. The van der Waals surface area contributed by atoms with Crippen LogP contribution >= 0.6 is 0 Å². The van der Waals surface area contributed by atoms with Crippen molar-refractivity contribution in [2.24, 2.45) is 11.8 Å². The highest BCUT2D eigenvalue weighted by Crippen LogP contribution is 2.46. The summed E-state index contributed by atoms with van der Waals surface area (Å²) in [5.41, 5.74) is 2.15. The Hall–Kier alpha value is -2.86. The average molecular weight is 382 g/mol. The molecular weight excluding hydrogens is 354 g/mol. The van der Waals surface area contributed by atoms with E-state index in [0.29, 0.717) is 0 Å². The highest BCUT2D eigenvalue weighted by molar-refractivity contribution is 5.39. The van der Waals surface area contributed by atoms with Crippen molar-refractivity contribution in [3.8, 4) is 11.8 Å². The van der Waals surface area contributed by atoms with Crippen LogP contribution in [0.25, 0.3) is 0 Å². The van der Waals surface area contributed by atoms with Gasteiger partial charge in [0, 0.05) is 29.5 Å². The lowest BCUT2D eigenvalue weighted by atomic mass is 9.66. The van der Waals surface area contributed by atoms with E-state index in [9.17, 15) is 5.11 Å². The van der Waals surface area contributed by atoms with Crippen LogP contribution in [0.4, 0.5) is 0 Å². The third kappa shape index (κ3) is 3.85. The van der Waals surface area contributed by atoms with Crippen LogP contribution in [0.3, 0.4) is 0 Å². The minimum Gasteiger partial charge on any atom is -0.377 e. The maximum Gasteiger partial charge on any atom is 0.134 e. The number of rotatable bonds is 2. The van der Waals surface area contributed by atoms with Gasteiger partial charge < -0.3 is 10.4 Å². The molecule has 0 saturated carbocycles. The minimum absolute atomic E-state index is 0.00711. The molecule has 0 spiro atoms. The number of piperidine rings is 1. The summed E-state index contributed by atoms with van der Waals surface area (Å²) in [6.07, 6.45) is 0. The maximum absolute atomic E-state index is 11.9. The van der Waals surface area contributed by atoms with Gasteiger partial charge in [-0.2, -0.15) is 0 Å². The minimum atomic E-state index is -1.12. The molecule has 2 heteroatoms. The molecular formula is C27H27NO. The van der Waals surface area contributed by atoms with Crippen LogP contribution in [0, 0.1) is 23.7 Å². The van der Waals surface area contributed by atoms with E-state index in [2.05, 4.69) is 55.3 Å². The first-order valence-corrected chi connectivity index (χ1v) is 10.3. The van der Waals surface area contributed by atoms with Crippen LogP contribution in [0.5, 0.6) is 0 Å². The van der Waals surface area contributed by atoms with Crippen molar-refractivity contribution in [3.05, 3.63) is 108 Å². The number of hydrogen-bond acceptors (Lipinski definition) is 2. The van der Waals surface area contributed by atoms with E-state index in [1.165, 1.54) is 11.1 Å². The molecule has 1 aliphatic heterocycles. The molecule has 0 bridgehead atoms.